The van der Waals surface area contributed by atoms with Gasteiger partial charge in [0.2, 0.25) is 0 Å². The Morgan fingerprint density at radius 1 is 1.53 bits per heavy atom. The lowest BCUT2D eigenvalue weighted by Gasteiger charge is -2.21. The largest absolute Gasteiger partial charge is 0.370 e. The van der Waals surface area contributed by atoms with Gasteiger partial charge in [0.15, 0.2) is 5.82 Å². The average molecular weight is 253 g/mol. The van der Waals surface area contributed by atoms with Crippen LogP contribution in [0.2, 0.25) is 0 Å². The Kier molecular flexibility index (Phi) is 4.62. The van der Waals surface area contributed by atoms with E-state index in [0.717, 1.165) is 48.4 Å². The van der Waals surface area contributed by atoms with Crippen molar-refractivity contribution in [2.75, 3.05) is 30.0 Å². The molecule has 94 valence electrons. The Morgan fingerprint density at radius 2 is 2.41 bits per heavy atom. The highest BCUT2D eigenvalue weighted by molar-refractivity contribution is 7.99. The topological polar surface area (TPSA) is 47.0 Å². The number of thioether (sulfide) groups is 1. The van der Waals surface area contributed by atoms with Crippen LogP contribution < -0.4 is 5.32 Å². The monoisotopic (exact) mass is 253 g/mol. The van der Waals surface area contributed by atoms with E-state index in [0.29, 0.717) is 0 Å². The van der Waals surface area contributed by atoms with Gasteiger partial charge in [-0.1, -0.05) is 6.92 Å². The molecule has 1 aromatic heterocycles. The first-order valence-corrected chi connectivity index (χ1v) is 7.24. The molecule has 17 heavy (non-hydrogen) atoms. The van der Waals surface area contributed by atoms with E-state index in [-0.39, 0.29) is 6.10 Å². The van der Waals surface area contributed by atoms with Crippen molar-refractivity contribution in [3.63, 3.8) is 0 Å². The fraction of sp³-hybridized carbons (Fsp3) is 0.667. The Hall–Kier alpha value is -0.810. The molecule has 4 nitrogen and oxygen atoms in total. The lowest BCUT2D eigenvalue weighted by atomic mass is 10.3. The van der Waals surface area contributed by atoms with E-state index in [9.17, 15) is 0 Å². The third kappa shape index (κ3) is 3.57. The summed E-state index contributed by atoms with van der Waals surface area (Å²) in [5.74, 6) is 3.75. The van der Waals surface area contributed by atoms with Crippen LogP contribution in [0.3, 0.4) is 0 Å². The first-order valence-electron chi connectivity index (χ1n) is 6.08. The fourth-order valence-electron chi connectivity index (χ4n) is 1.72. The Morgan fingerprint density at radius 3 is 3.12 bits per heavy atom. The number of hydrogen-bond donors (Lipinski definition) is 1. The maximum Gasteiger partial charge on any atom is 0.160 e. The maximum atomic E-state index is 5.70. The zero-order valence-electron chi connectivity index (χ0n) is 10.4. The number of rotatable bonds is 4. The van der Waals surface area contributed by atoms with E-state index in [2.05, 4.69) is 22.2 Å². The summed E-state index contributed by atoms with van der Waals surface area (Å²) in [5.41, 5.74) is 0.993. The van der Waals surface area contributed by atoms with Gasteiger partial charge in [-0.2, -0.15) is 11.8 Å². The molecule has 1 atom stereocenters. The van der Waals surface area contributed by atoms with Gasteiger partial charge < -0.3 is 10.1 Å². The SMILES string of the molecule is CCCNc1cc(C)nc(C2CSCCO2)n1. The summed E-state index contributed by atoms with van der Waals surface area (Å²) in [6, 6.07) is 1.98. The van der Waals surface area contributed by atoms with Crippen LogP contribution in [-0.4, -0.2) is 34.6 Å². The molecule has 2 heterocycles. The third-order valence-electron chi connectivity index (χ3n) is 2.53. The smallest absolute Gasteiger partial charge is 0.160 e. The zero-order chi connectivity index (χ0) is 12.1. The van der Waals surface area contributed by atoms with Crippen molar-refractivity contribution in [3.05, 3.63) is 17.6 Å². The molecular formula is C12H19N3OS. The molecule has 0 amide bonds. The van der Waals surface area contributed by atoms with Crippen molar-refractivity contribution < 1.29 is 4.74 Å². The molecule has 1 aliphatic heterocycles. The predicted octanol–water partition coefficient (Wildman–Crippen LogP) is 2.41. The van der Waals surface area contributed by atoms with Crippen molar-refractivity contribution in [3.8, 4) is 0 Å². The number of aryl methyl sites for hydroxylation is 1. The molecule has 0 radical (unpaired) electrons. The molecule has 1 fully saturated rings. The summed E-state index contributed by atoms with van der Waals surface area (Å²) in [5, 5.41) is 3.30. The summed E-state index contributed by atoms with van der Waals surface area (Å²) in [6.45, 7) is 5.88. The highest BCUT2D eigenvalue weighted by Gasteiger charge is 2.19. The summed E-state index contributed by atoms with van der Waals surface area (Å²) in [6.07, 6.45) is 1.14. The molecule has 1 aromatic rings. The van der Waals surface area contributed by atoms with Crippen LogP contribution in [0, 0.1) is 6.92 Å². The lowest BCUT2D eigenvalue weighted by molar-refractivity contribution is 0.0694. The number of aromatic nitrogens is 2. The second-order valence-electron chi connectivity index (χ2n) is 4.11. The maximum absolute atomic E-state index is 5.70. The minimum atomic E-state index is 0.0517. The van der Waals surface area contributed by atoms with Crippen molar-refractivity contribution >= 4 is 17.6 Å². The van der Waals surface area contributed by atoms with Crippen molar-refractivity contribution in [1.82, 2.24) is 9.97 Å². The molecule has 1 unspecified atom stereocenters. The normalized spacial score (nSPS) is 20.2. The fourth-order valence-corrected chi connectivity index (χ4v) is 2.56. The van der Waals surface area contributed by atoms with Crippen molar-refractivity contribution in [2.45, 2.75) is 26.4 Å². The third-order valence-corrected chi connectivity index (χ3v) is 3.53. The number of nitrogens with zero attached hydrogens (tertiary/aromatic N) is 2. The van der Waals surface area contributed by atoms with Crippen LogP contribution >= 0.6 is 11.8 Å². The predicted molar refractivity (Wildman–Crippen MR) is 71.6 cm³/mol. The number of ether oxygens (including phenoxy) is 1. The highest BCUT2D eigenvalue weighted by Crippen LogP contribution is 2.25. The van der Waals surface area contributed by atoms with Crippen LogP contribution in [0.1, 0.15) is 31.0 Å². The van der Waals surface area contributed by atoms with Gasteiger partial charge in [0.05, 0.1) is 6.61 Å². The molecule has 0 saturated carbocycles. The minimum Gasteiger partial charge on any atom is -0.370 e. The van der Waals surface area contributed by atoms with Gasteiger partial charge in [-0.15, -0.1) is 0 Å². The summed E-state index contributed by atoms with van der Waals surface area (Å²) < 4.78 is 5.70. The average Bonchev–Trinajstić information content (AvgIpc) is 2.37. The molecule has 1 saturated heterocycles. The Bertz CT molecular complexity index is 367. The van der Waals surface area contributed by atoms with Gasteiger partial charge in [0.25, 0.3) is 0 Å². The molecule has 5 heteroatoms. The van der Waals surface area contributed by atoms with Gasteiger partial charge in [-0.05, 0) is 13.3 Å². The summed E-state index contributed by atoms with van der Waals surface area (Å²) in [4.78, 5) is 9.01. The minimum absolute atomic E-state index is 0.0517. The number of hydrogen-bond acceptors (Lipinski definition) is 5. The molecule has 0 aromatic carbocycles. The quantitative estimate of drug-likeness (QED) is 0.893. The first-order chi connectivity index (χ1) is 8.29. The van der Waals surface area contributed by atoms with Gasteiger partial charge in [-0.3, -0.25) is 0 Å². The molecule has 0 aliphatic carbocycles. The summed E-state index contributed by atoms with van der Waals surface area (Å²) in [7, 11) is 0. The molecular weight excluding hydrogens is 234 g/mol. The zero-order valence-corrected chi connectivity index (χ0v) is 11.2. The van der Waals surface area contributed by atoms with Crippen molar-refractivity contribution in [2.24, 2.45) is 0 Å². The van der Waals surface area contributed by atoms with Crippen LogP contribution in [0.15, 0.2) is 6.07 Å². The van der Waals surface area contributed by atoms with E-state index < -0.39 is 0 Å². The van der Waals surface area contributed by atoms with Crippen molar-refractivity contribution in [1.29, 1.82) is 0 Å². The van der Waals surface area contributed by atoms with Gasteiger partial charge in [0, 0.05) is 29.8 Å². The standard InChI is InChI=1S/C12H19N3OS/c1-3-4-13-11-7-9(2)14-12(15-11)10-8-17-6-5-16-10/h7,10H,3-6,8H2,1-2H3,(H,13,14,15). The van der Waals surface area contributed by atoms with E-state index in [4.69, 9.17) is 4.74 Å². The van der Waals surface area contributed by atoms with E-state index in [1.165, 1.54) is 0 Å². The number of nitrogens with one attached hydrogen (secondary N) is 1. The van der Waals surface area contributed by atoms with Gasteiger partial charge in [0.1, 0.15) is 11.9 Å². The molecule has 1 aliphatic rings. The van der Waals surface area contributed by atoms with Crippen LogP contribution in [-0.2, 0) is 4.74 Å². The van der Waals surface area contributed by atoms with Crippen LogP contribution in [0.25, 0.3) is 0 Å². The second kappa shape index (κ2) is 6.21. The van der Waals surface area contributed by atoms with E-state index >= 15 is 0 Å². The van der Waals surface area contributed by atoms with Gasteiger partial charge in [-0.25, -0.2) is 9.97 Å². The Balaban J connectivity index is 2.12. The highest BCUT2D eigenvalue weighted by atomic mass is 32.2. The van der Waals surface area contributed by atoms with Crippen LogP contribution in [0.5, 0.6) is 0 Å². The Labute approximate surface area is 107 Å². The second-order valence-corrected chi connectivity index (χ2v) is 5.26. The van der Waals surface area contributed by atoms with E-state index in [1.54, 1.807) is 0 Å². The van der Waals surface area contributed by atoms with E-state index in [1.807, 2.05) is 24.8 Å². The molecule has 0 spiro atoms. The summed E-state index contributed by atoms with van der Waals surface area (Å²) >= 11 is 1.90. The molecule has 1 N–H and O–H groups in total. The molecule has 2 rings (SSSR count). The number of anilines is 1. The van der Waals surface area contributed by atoms with Crippen LogP contribution in [0.4, 0.5) is 5.82 Å². The lowest BCUT2D eigenvalue weighted by Crippen LogP contribution is -2.19. The van der Waals surface area contributed by atoms with Gasteiger partial charge >= 0.3 is 0 Å². The molecule has 0 bridgehead atoms. The first kappa shape index (κ1) is 12.6.